The summed E-state index contributed by atoms with van der Waals surface area (Å²) in [5.41, 5.74) is 1.46. The van der Waals surface area contributed by atoms with E-state index in [1.54, 1.807) is 0 Å². The summed E-state index contributed by atoms with van der Waals surface area (Å²) < 4.78 is 2.85. The van der Waals surface area contributed by atoms with Crippen LogP contribution >= 0.6 is 11.3 Å². The molecule has 1 heterocycles. The van der Waals surface area contributed by atoms with Gasteiger partial charge in [-0.05, 0) is 28.8 Å². The third-order valence-corrected chi connectivity index (χ3v) is 5.10. The van der Waals surface area contributed by atoms with Gasteiger partial charge < -0.3 is 0 Å². The van der Waals surface area contributed by atoms with Crippen molar-refractivity contribution in [3.63, 3.8) is 0 Å². The van der Waals surface area contributed by atoms with Crippen LogP contribution in [0, 0.1) is 0 Å². The van der Waals surface area contributed by atoms with Crippen molar-refractivity contribution in [1.82, 2.24) is 0 Å². The Morgan fingerprint density at radius 2 is 1.68 bits per heavy atom. The van der Waals surface area contributed by atoms with Crippen LogP contribution in [0.2, 0.25) is 0 Å². The second-order valence-corrected chi connectivity index (χ2v) is 5.96. The van der Waals surface area contributed by atoms with Gasteiger partial charge in [0.15, 0.2) is 0 Å². The fourth-order valence-electron chi connectivity index (χ4n) is 2.91. The van der Waals surface area contributed by atoms with E-state index in [0.29, 0.717) is 0 Å². The number of fused-ring (bicyclic) bond motifs is 5. The van der Waals surface area contributed by atoms with E-state index in [-0.39, 0.29) is 0 Å². The lowest BCUT2D eigenvalue weighted by Gasteiger charge is -2.01. The maximum Gasteiger partial charge on any atom is 0.0387 e. The van der Waals surface area contributed by atoms with Gasteiger partial charge in [0.25, 0.3) is 0 Å². The molecule has 0 unspecified atom stereocenters. The Morgan fingerprint density at radius 3 is 2.58 bits per heavy atom. The van der Waals surface area contributed by atoms with Crippen molar-refractivity contribution in [2.75, 3.05) is 0 Å². The molecule has 0 bridgehead atoms. The van der Waals surface area contributed by atoms with Gasteiger partial charge in [0.05, 0.1) is 0 Å². The number of aryl methyl sites for hydroxylation is 1. The average molecular weight is 262 g/mol. The summed E-state index contributed by atoms with van der Waals surface area (Å²) in [7, 11) is 0. The minimum Gasteiger partial charge on any atom is -0.135 e. The van der Waals surface area contributed by atoms with Crippen LogP contribution < -0.4 is 0 Å². The van der Waals surface area contributed by atoms with Crippen LogP contribution in [0.3, 0.4) is 0 Å². The van der Waals surface area contributed by atoms with E-state index in [4.69, 9.17) is 0 Å². The Hall–Kier alpha value is -1.86. The highest BCUT2D eigenvalue weighted by Gasteiger charge is 2.10. The summed E-state index contributed by atoms with van der Waals surface area (Å²) in [5, 5.41) is 5.54. The fraction of sp³-hybridized carbons (Fsp3) is 0.111. The Balaban J connectivity index is 2.30. The first-order valence-electron chi connectivity index (χ1n) is 6.70. The van der Waals surface area contributed by atoms with Crippen molar-refractivity contribution >= 4 is 42.3 Å². The van der Waals surface area contributed by atoms with E-state index < -0.39 is 0 Å². The molecule has 1 aromatic heterocycles. The predicted octanol–water partition coefficient (Wildman–Crippen LogP) is 5.77. The van der Waals surface area contributed by atoms with Crippen LogP contribution in [0.15, 0.2) is 54.6 Å². The maximum absolute atomic E-state index is 2.27. The van der Waals surface area contributed by atoms with Crippen molar-refractivity contribution in [2.24, 2.45) is 0 Å². The second kappa shape index (κ2) is 4.07. The Labute approximate surface area is 116 Å². The Bertz CT molecular complexity index is 899. The first kappa shape index (κ1) is 11.0. The van der Waals surface area contributed by atoms with E-state index >= 15 is 0 Å². The molecular formula is C18H14S. The number of hydrogen-bond donors (Lipinski definition) is 0. The molecule has 92 valence electrons. The molecule has 1 heteroatoms. The van der Waals surface area contributed by atoms with Crippen LogP contribution in [0.1, 0.15) is 12.5 Å². The maximum atomic E-state index is 2.27. The molecule has 19 heavy (non-hydrogen) atoms. The average Bonchev–Trinajstić information content (AvgIpc) is 2.86. The summed E-state index contributed by atoms with van der Waals surface area (Å²) in [6.45, 7) is 2.23. The molecule has 0 N–H and O–H groups in total. The smallest absolute Gasteiger partial charge is 0.0387 e. The molecule has 0 spiro atoms. The lowest BCUT2D eigenvalue weighted by molar-refractivity contribution is 1.16. The molecule has 0 saturated heterocycles. The third-order valence-electron chi connectivity index (χ3n) is 3.85. The SMILES string of the molecule is CCc1cccc2c1sc1ccc3ccccc3c12. The second-order valence-electron chi connectivity index (χ2n) is 4.91. The molecule has 0 nitrogen and oxygen atoms in total. The molecule has 0 amide bonds. The monoisotopic (exact) mass is 262 g/mol. The van der Waals surface area contributed by atoms with Crippen molar-refractivity contribution < 1.29 is 0 Å². The first-order valence-corrected chi connectivity index (χ1v) is 7.52. The van der Waals surface area contributed by atoms with E-state index in [2.05, 4.69) is 61.5 Å². The molecule has 0 aliphatic rings. The van der Waals surface area contributed by atoms with Gasteiger partial charge in [-0.15, -0.1) is 11.3 Å². The summed E-state index contributed by atoms with van der Waals surface area (Å²) in [6, 6.07) is 19.9. The third kappa shape index (κ3) is 1.52. The molecule has 0 aliphatic carbocycles. The van der Waals surface area contributed by atoms with Crippen LogP contribution in [0.5, 0.6) is 0 Å². The molecule has 4 aromatic rings. The van der Waals surface area contributed by atoms with Crippen molar-refractivity contribution in [2.45, 2.75) is 13.3 Å². The minimum atomic E-state index is 1.10. The van der Waals surface area contributed by atoms with E-state index in [1.165, 1.54) is 36.5 Å². The van der Waals surface area contributed by atoms with Crippen LogP contribution in [0.25, 0.3) is 30.9 Å². The lowest BCUT2D eigenvalue weighted by atomic mass is 10.0. The van der Waals surface area contributed by atoms with Gasteiger partial charge in [-0.3, -0.25) is 0 Å². The van der Waals surface area contributed by atoms with E-state index in [9.17, 15) is 0 Å². The van der Waals surface area contributed by atoms with Gasteiger partial charge in [-0.1, -0.05) is 55.5 Å². The zero-order chi connectivity index (χ0) is 12.8. The van der Waals surface area contributed by atoms with Gasteiger partial charge >= 0.3 is 0 Å². The highest BCUT2D eigenvalue weighted by atomic mass is 32.1. The quantitative estimate of drug-likeness (QED) is 0.408. The summed E-state index contributed by atoms with van der Waals surface area (Å²) >= 11 is 1.93. The van der Waals surface area contributed by atoms with Gasteiger partial charge in [0, 0.05) is 20.2 Å². The first-order chi connectivity index (χ1) is 9.38. The van der Waals surface area contributed by atoms with Gasteiger partial charge in [0.1, 0.15) is 0 Å². The zero-order valence-corrected chi connectivity index (χ0v) is 11.6. The Morgan fingerprint density at radius 1 is 0.842 bits per heavy atom. The minimum absolute atomic E-state index is 1.10. The predicted molar refractivity (Wildman–Crippen MR) is 86.2 cm³/mol. The van der Waals surface area contributed by atoms with E-state index in [0.717, 1.165) is 6.42 Å². The van der Waals surface area contributed by atoms with E-state index in [1.807, 2.05) is 11.3 Å². The van der Waals surface area contributed by atoms with Gasteiger partial charge in [0.2, 0.25) is 0 Å². The molecule has 0 fully saturated rings. The molecule has 0 radical (unpaired) electrons. The van der Waals surface area contributed by atoms with Gasteiger partial charge in [-0.25, -0.2) is 0 Å². The normalized spacial score (nSPS) is 11.6. The molecular weight excluding hydrogens is 248 g/mol. The zero-order valence-electron chi connectivity index (χ0n) is 10.8. The number of benzene rings is 3. The summed E-state index contributed by atoms with van der Waals surface area (Å²) in [5.74, 6) is 0. The van der Waals surface area contributed by atoms with Crippen molar-refractivity contribution in [3.8, 4) is 0 Å². The Kier molecular flexibility index (Phi) is 2.36. The molecule has 4 rings (SSSR count). The summed E-state index contributed by atoms with van der Waals surface area (Å²) in [4.78, 5) is 0. The van der Waals surface area contributed by atoms with Crippen molar-refractivity contribution in [3.05, 3.63) is 60.2 Å². The largest absolute Gasteiger partial charge is 0.135 e. The van der Waals surface area contributed by atoms with Crippen LogP contribution in [-0.2, 0) is 6.42 Å². The standard InChI is InChI=1S/C18H14S/c1-2-12-7-5-9-15-17-14-8-4-3-6-13(14)10-11-16(17)19-18(12)15/h3-11H,2H2,1H3. The summed E-state index contributed by atoms with van der Waals surface area (Å²) in [6.07, 6.45) is 1.10. The molecule has 3 aromatic carbocycles. The highest BCUT2D eigenvalue weighted by molar-refractivity contribution is 7.26. The van der Waals surface area contributed by atoms with Gasteiger partial charge in [-0.2, -0.15) is 0 Å². The molecule has 0 aliphatic heterocycles. The lowest BCUT2D eigenvalue weighted by Crippen LogP contribution is -1.78. The number of thiophene rings is 1. The topological polar surface area (TPSA) is 0 Å². The number of hydrogen-bond acceptors (Lipinski definition) is 1. The van der Waals surface area contributed by atoms with Crippen LogP contribution in [-0.4, -0.2) is 0 Å². The van der Waals surface area contributed by atoms with Crippen LogP contribution in [0.4, 0.5) is 0 Å². The molecule has 0 atom stereocenters. The molecule has 0 saturated carbocycles. The number of rotatable bonds is 1. The fourth-order valence-corrected chi connectivity index (χ4v) is 4.21. The highest BCUT2D eigenvalue weighted by Crippen LogP contribution is 2.39. The van der Waals surface area contributed by atoms with Crippen molar-refractivity contribution in [1.29, 1.82) is 0 Å².